The summed E-state index contributed by atoms with van der Waals surface area (Å²) < 4.78 is 10.5. The lowest BCUT2D eigenvalue weighted by atomic mass is 10.4. The Morgan fingerprint density at radius 3 is 2.54 bits per heavy atom. The Balaban J connectivity index is 3.45. The Labute approximate surface area is 90.4 Å². The number of halogens is 2. The smallest absolute Gasteiger partial charge is 0.391 e. The normalized spacial score (nSPS) is 11.7. The summed E-state index contributed by atoms with van der Waals surface area (Å²) in [5, 5.41) is 0. The van der Waals surface area contributed by atoms with Crippen LogP contribution in [0.2, 0.25) is 6.04 Å². The van der Waals surface area contributed by atoms with Crippen molar-refractivity contribution in [3.63, 3.8) is 0 Å². The molecule has 0 heterocycles. The number of hydrogen-bond acceptors (Lipinski definition) is 2. The maximum Gasteiger partial charge on any atom is 0.391 e. The SMILES string of the molecule is C=C(C)COCC[Si](Cl)(Cl)OCC. The molecule has 0 aliphatic heterocycles. The van der Waals surface area contributed by atoms with Crippen molar-refractivity contribution >= 4 is 29.1 Å². The lowest BCUT2D eigenvalue weighted by Crippen LogP contribution is -2.26. The molecule has 0 bridgehead atoms. The molecular weight excluding hydrogens is 227 g/mol. The van der Waals surface area contributed by atoms with Gasteiger partial charge in [0.1, 0.15) is 0 Å². The topological polar surface area (TPSA) is 18.5 Å². The van der Waals surface area contributed by atoms with Gasteiger partial charge in [-0.1, -0.05) is 12.2 Å². The van der Waals surface area contributed by atoms with Gasteiger partial charge in [-0.3, -0.25) is 0 Å². The molecule has 0 fully saturated rings. The van der Waals surface area contributed by atoms with Crippen LogP contribution in [0.15, 0.2) is 12.2 Å². The summed E-state index contributed by atoms with van der Waals surface area (Å²) in [7, 11) is 0. The fourth-order valence-corrected chi connectivity index (χ4v) is 2.79. The molecule has 0 spiro atoms. The quantitative estimate of drug-likeness (QED) is 0.296. The first-order valence-corrected chi connectivity index (χ1v) is 8.35. The summed E-state index contributed by atoms with van der Waals surface area (Å²) in [5.74, 6) is 0. The minimum Gasteiger partial charge on any atom is -0.392 e. The minimum absolute atomic E-state index is 0.534. The number of rotatable bonds is 7. The Morgan fingerprint density at radius 1 is 1.46 bits per heavy atom. The van der Waals surface area contributed by atoms with Gasteiger partial charge in [0.05, 0.1) is 6.61 Å². The molecule has 0 rings (SSSR count). The van der Waals surface area contributed by atoms with Crippen molar-refractivity contribution in [2.45, 2.75) is 19.9 Å². The molecule has 0 aliphatic rings. The molecule has 0 saturated heterocycles. The van der Waals surface area contributed by atoms with Gasteiger partial charge in [-0.05, 0) is 13.8 Å². The average molecular weight is 243 g/mol. The van der Waals surface area contributed by atoms with Gasteiger partial charge in [0.2, 0.25) is 0 Å². The molecule has 0 amide bonds. The highest BCUT2D eigenvalue weighted by atomic mass is 35.7. The van der Waals surface area contributed by atoms with Crippen molar-refractivity contribution in [1.29, 1.82) is 0 Å². The first kappa shape index (κ1) is 13.5. The van der Waals surface area contributed by atoms with E-state index in [9.17, 15) is 0 Å². The lowest BCUT2D eigenvalue weighted by Gasteiger charge is -2.15. The van der Waals surface area contributed by atoms with Crippen LogP contribution in [0.4, 0.5) is 0 Å². The highest BCUT2D eigenvalue weighted by Gasteiger charge is 2.29. The molecule has 13 heavy (non-hydrogen) atoms. The van der Waals surface area contributed by atoms with Crippen LogP contribution in [-0.4, -0.2) is 26.8 Å². The lowest BCUT2D eigenvalue weighted by molar-refractivity contribution is 0.167. The maximum atomic E-state index is 5.93. The summed E-state index contributed by atoms with van der Waals surface area (Å²) in [6.45, 7) is 6.67. The van der Waals surface area contributed by atoms with E-state index in [4.69, 9.17) is 31.3 Å². The van der Waals surface area contributed by atoms with Gasteiger partial charge in [0, 0.05) is 19.3 Å². The van der Waals surface area contributed by atoms with Gasteiger partial charge >= 0.3 is 6.94 Å². The van der Waals surface area contributed by atoms with Crippen LogP contribution >= 0.6 is 22.2 Å². The third-order valence-electron chi connectivity index (χ3n) is 1.24. The van der Waals surface area contributed by atoms with E-state index >= 15 is 0 Å². The zero-order valence-corrected chi connectivity index (χ0v) is 10.6. The van der Waals surface area contributed by atoms with Crippen LogP contribution in [0.5, 0.6) is 0 Å². The fourth-order valence-electron chi connectivity index (χ4n) is 0.721. The van der Waals surface area contributed by atoms with Crippen molar-refractivity contribution in [2.75, 3.05) is 19.8 Å². The monoisotopic (exact) mass is 242 g/mol. The third kappa shape index (κ3) is 8.78. The van der Waals surface area contributed by atoms with E-state index in [2.05, 4.69) is 6.58 Å². The summed E-state index contributed by atoms with van der Waals surface area (Å²) in [6, 6.07) is 0.594. The molecular formula is C8H16Cl2O2Si. The van der Waals surface area contributed by atoms with Crippen LogP contribution in [0.25, 0.3) is 0 Å². The molecule has 0 atom stereocenters. The second-order valence-corrected chi connectivity index (χ2v) is 9.14. The average Bonchev–Trinajstić information content (AvgIpc) is 1.98. The molecule has 0 saturated carbocycles. The maximum absolute atomic E-state index is 5.93. The number of ether oxygens (including phenoxy) is 1. The van der Waals surface area contributed by atoms with Gasteiger partial charge in [-0.2, -0.15) is 0 Å². The molecule has 0 radical (unpaired) electrons. The van der Waals surface area contributed by atoms with Gasteiger partial charge in [0.25, 0.3) is 0 Å². The number of hydrogen-bond donors (Lipinski definition) is 0. The molecule has 0 unspecified atom stereocenters. The Bertz CT molecular complexity index is 162. The van der Waals surface area contributed by atoms with Crippen molar-refractivity contribution in [1.82, 2.24) is 0 Å². The van der Waals surface area contributed by atoms with Gasteiger partial charge in [-0.15, -0.1) is 22.2 Å². The second kappa shape index (κ2) is 6.84. The fraction of sp³-hybridized carbons (Fsp3) is 0.750. The predicted molar refractivity (Wildman–Crippen MR) is 59.5 cm³/mol. The Morgan fingerprint density at radius 2 is 2.08 bits per heavy atom. The molecule has 5 heteroatoms. The Hall–Kier alpha value is 0.457. The second-order valence-electron chi connectivity index (χ2n) is 2.83. The van der Waals surface area contributed by atoms with E-state index in [1.807, 2.05) is 13.8 Å². The van der Waals surface area contributed by atoms with Gasteiger partial charge in [-0.25, -0.2) is 0 Å². The van der Waals surface area contributed by atoms with E-state index in [0.29, 0.717) is 25.9 Å². The van der Waals surface area contributed by atoms with Crippen LogP contribution in [0.3, 0.4) is 0 Å². The summed E-state index contributed by atoms with van der Waals surface area (Å²) in [4.78, 5) is 0. The first-order chi connectivity index (χ1) is 5.98. The van der Waals surface area contributed by atoms with E-state index in [1.165, 1.54) is 0 Å². The Kier molecular flexibility index (Phi) is 7.08. The molecule has 0 aromatic heterocycles. The molecule has 0 N–H and O–H groups in total. The predicted octanol–water partition coefficient (Wildman–Crippen LogP) is 3.03. The van der Waals surface area contributed by atoms with E-state index in [0.717, 1.165) is 5.57 Å². The van der Waals surface area contributed by atoms with E-state index in [-0.39, 0.29) is 0 Å². The van der Waals surface area contributed by atoms with Gasteiger partial charge < -0.3 is 9.16 Å². The summed E-state index contributed by atoms with van der Waals surface area (Å²) in [5.41, 5.74) is 0.993. The highest BCUT2D eigenvalue weighted by molar-refractivity contribution is 7.42. The van der Waals surface area contributed by atoms with Crippen molar-refractivity contribution in [2.24, 2.45) is 0 Å². The molecule has 0 aromatic rings. The van der Waals surface area contributed by atoms with E-state index < -0.39 is 6.94 Å². The van der Waals surface area contributed by atoms with Crippen molar-refractivity contribution < 1.29 is 9.16 Å². The van der Waals surface area contributed by atoms with Crippen LogP contribution in [-0.2, 0) is 9.16 Å². The first-order valence-electron chi connectivity index (χ1n) is 4.22. The van der Waals surface area contributed by atoms with Crippen molar-refractivity contribution in [3.8, 4) is 0 Å². The zero-order chi connectivity index (χ0) is 10.3. The molecule has 0 aromatic carbocycles. The zero-order valence-electron chi connectivity index (χ0n) is 8.11. The summed E-state index contributed by atoms with van der Waals surface area (Å²) >= 11 is 11.9. The van der Waals surface area contributed by atoms with Crippen LogP contribution in [0.1, 0.15) is 13.8 Å². The summed E-state index contributed by atoms with van der Waals surface area (Å²) in [6.07, 6.45) is 0. The molecule has 2 nitrogen and oxygen atoms in total. The van der Waals surface area contributed by atoms with Crippen LogP contribution in [0, 0.1) is 0 Å². The van der Waals surface area contributed by atoms with Crippen molar-refractivity contribution in [3.05, 3.63) is 12.2 Å². The third-order valence-corrected chi connectivity index (χ3v) is 4.53. The highest BCUT2D eigenvalue weighted by Crippen LogP contribution is 2.21. The minimum atomic E-state index is -2.49. The standard InChI is InChI=1S/C8H16Cl2O2Si/c1-4-12-13(9,10)6-5-11-7-8(2)3/h2,4-7H2,1,3H3. The van der Waals surface area contributed by atoms with E-state index in [1.54, 1.807) is 0 Å². The van der Waals surface area contributed by atoms with Gasteiger partial charge in [0.15, 0.2) is 0 Å². The molecule has 0 aliphatic carbocycles. The van der Waals surface area contributed by atoms with Crippen LogP contribution < -0.4 is 0 Å². The largest absolute Gasteiger partial charge is 0.392 e. The molecule has 78 valence electrons.